The van der Waals surface area contributed by atoms with Crippen LogP contribution >= 0.6 is 34.0 Å². The zero-order valence-electron chi connectivity index (χ0n) is 49.7. The Morgan fingerprint density at radius 2 is 0.489 bits per heavy atom. The highest BCUT2D eigenvalue weighted by molar-refractivity contribution is 7.22. The van der Waals surface area contributed by atoms with Gasteiger partial charge in [0.05, 0.1) is 30.6 Å². The van der Waals surface area contributed by atoms with E-state index in [0.717, 1.165) is 65.0 Å². The Morgan fingerprint density at radius 3 is 0.722 bits per heavy atom. The molecule has 6 nitrogen and oxygen atoms in total. The minimum atomic E-state index is -0.460. The first-order valence-corrected chi connectivity index (χ1v) is 33.0. The fourth-order valence-corrected chi connectivity index (χ4v) is 18.0. The summed E-state index contributed by atoms with van der Waals surface area (Å²) >= 11 is 5.18. The van der Waals surface area contributed by atoms with Crippen LogP contribution in [0.1, 0.15) is 71.9 Å². The van der Waals surface area contributed by atoms with Crippen molar-refractivity contribution in [3.05, 3.63) is 291 Å². The van der Waals surface area contributed by atoms with Crippen LogP contribution in [0.15, 0.2) is 258 Å². The van der Waals surface area contributed by atoms with Crippen molar-refractivity contribution in [2.75, 3.05) is 0 Å². The van der Waals surface area contributed by atoms with E-state index >= 15 is 0 Å². The van der Waals surface area contributed by atoms with Crippen molar-refractivity contribution in [3.8, 4) is 99.3 Å². The molecule has 9 heteroatoms. The number of hydrogen-bond acceptors (Lipinski definition) is 9. The van der Waals surface area contributed by atoms with E-state index in [1.165, 1.54) is 80.9 Å². The van der Waals surface area contributed by atoms with Crippen LogP contribution in [0.2, 0.25) is 0 Å². The molecule has 3 aliphatic rings. The minimum Gasteiger partial charge on any atom is -0.236 e. The third kappa shape index (κ3) is 8.54. The molecule has 13 aromatic rings. The third-order valence-corrected chi connectivity index (χ3v) is 22.3. The zero-order chi connectivity index (χ0) is 60.9. The van der Waals surface area contributed by atoms with Crippen LogP contribution in [0.4, 0.5) is 0 Å². The molecule has 0 amide bonds. The second kappa shape index (κ2) is 21.7. The standard InChI is InChI=1S/C81H60N6S3/c1-7-37-79(38-8-2)61-43-49(25-31-55(61)58-34-28-52(46-64(58)79)76-82-67-19-13-16-22-70(67)88-76)73-85-74(50-26-32-56-59-35-29-53(77-83-68-20-14-17-23-71(68)89-77)47-65(59)80(39-9-3,40-10-4)62(56)44-50)87-75(86-73)51-27-33-57-60-36-30-54(78-84-69-21-15-18-24-72(69)90-78)48-66(60)81(41-11-5,42-12-6)63(57)45-51/h7-36,43-48H,1-6,37-42H2. The normalized spacial score (nSPS) is 14.1. The lowest BCUT2D eigenvalue weighted by atomic mass is 9.72. The number of hydrogen-bond donors (Lipinski definition) is 0. The Bertz CT molecular complexity index is 4550. The highest BCUT2D eigenvalue weighted by atomic mass is 32.1. The number of nitrogens with zero attached hydrogens (tertiary/aromatic N) is 6. The second-order valence-corrected chi connectivity index (χ2v) is 27.1. The van der Waals surface area contributed by atoms with Crippen molar-refractivity contribution in [3.63, 3.8) is 0 Å². The number of allylic oxidation sites excluding steroid dienone is 6. The zero-order valence-corrected chi connectivity index (χ0v) is 52.1. The second-order valence-electron chi connectivity index (χ2n) is 24.0. The summed E-state index contributed by atoms with van der Waals surface area (Å²) in [5.74, 6) is 1.74. The lowest BCUT2D eigenvalue weighted by Crippen LogP contribution is -2.24. The molecular formula is C81H60N6S3. The Morgan fingerprint density at radius 1 is 0.267 bits per heavy atom. The van der Waals surface area contributed by atoms with Crippen LogP contribution in [0.25, 0.3) is 130 Å². The average molecular weight is 1210 g/mol. The first kappa shape index (κ1) is 55.4. The molecule has 0 spiro atoms. The van der Waals surface area contributed by atoms with Gasteiger partial charge in [-0.05, 0) is 178 Å². The van der Waals surface area contributed by atoms with E-state index in [2.05, 4.69) is 258 Å². The largest absolute Gasteiger partial charge is 0.236 e. The Balaban J connectivity index is 0.868. The van der Waals surface area contributed by atoms with Gasteiger partial charge < -0.3 is 0 Å². The summed E-state index contributed by atoms with van der Waals surface area (Å²) in [5, 5.41) is 3.00. The van der Waals surface area contributed by atoms with Crippen molar-refractivity contribution in [2.45, 2.75) is 54.8 Å². The SMILES string of the molecule is C=CCC1(CC=C)c2cc(-c3nc(-c4ccc5c(c4)C(CC=C)(CC=C)c4cc(-c6nc7ccccc7s6)ccc4-5)nc(-c4ccc5c(c4)C(CC=C)(CC=C)c4cc(-c6nc7ccccc7s6)ccc4-5)n3)ccc2-c2ccc(-c3nc4ccccc4s3)cc21. The molecule has 0 aliphatic heterocycles. The predicted octanol–water partition coefficient (Wildman–Crippen LogP) is 22.0. The van der Waals surface area contributed by atoms with Gasteiger partial charge in [-0.25, -0.2) is 29.9 Å². The number of aromatic nitrogens is 6. The topological polar surface area (TPSA) is 77.3 Å². The molecule has 9 aromatic carbocycles. The molecule has 0 saturated carbocycles. The summed E-state index contributed by atoms with van der Waals surface area (Å²) in [6.45, 7) is 26.2. The van der Waals surface area contributed by atoms with E-state index in [0.29, 0.717) is 56.0 Å². The maximum absolute atomic E-state index is 5.58. The quantitative estimate of drug-likeness (QED) is 0.0797. The maximum Gasteiger partial charge on any atom is 0.164 e. The van der Waals surface area contributed by atoms with E-state index in [1.807, 2.05) is 0 Å². The van der Waals surface area contributed by atoms with Gasteiger partial charge >= 0.3 is 0 Å². The van der Waals surface area contributed by atoms with Crippen molar-refractivity contribution in [1.29, 1.82) is 0 Å². The van der Waals surface area contributed by atoms with Gasteiger partial charge in [-0.2, -0.15) is 0 Å². The highest BCUT2D eigenvalue weighted by Crippen LogP contribution is 2.59. The molecule has 3 aliphatic carbocycles. The van der Waals surface area contributed by atoms with E-state index in [-0.39, 0.29) is 0 Å². The van der Waals surface area contributed by atoms with E-state index in [4.69, 9.17) is 29.9 Å². The molecule has 0 unspecified atom stereocenters. The fraction of sp³-hybridized carbons (Fsp3) is 0.111. The lowest BCUT2D eigenvalue weighted by molar-refractivity contribution is 0.543. The average Bonchev–Trinajstić information content (AvgIpc) is 1.61. The van der Waals surface area contributed by atoms with Crippen LogP contribution in [0.3, 0.4) is 0 Å². The summed E-state index contributed by atoms with van der Waals surface area (Å²) in [5.41, 5.74) is 22.0. The number of fused-ring (bicyclic) bond motifs is 12. The van der Waals surface area contributed by atoms with Crippen molar-refractivity contribution >= 4 is 64.7 Å². The smallest absolute Gasteiger partial charge is 0.164 e. The molecule has 432 valence electrons. The van der Waals surface area contributed by atoms with Crippen LogP contribution in [0.5, 0.6) is 0 Å². The molecule has 0 bridgehead atoms. The van der Waals surface area contributed by atoms with E-state index < -0.39 is 16.2 Å². The minimum absolute atomic E-state index is 0.460. The number of thiazole rings is 3. The van der Waals surface area contributed by atoms with Crippen LogP contribution < -0.4 is 0 Å². The summed E-state index contributed by atoms with van der Waals surface area (Å²) in [6, 6.07) is 66.0. The fourth-order valence-electron chi connectivity index (χ4n) is 15.1. The molecule has 4 heterocycles. The molecule has 0 atom stereocenters. The molecule has 0 N–H and O–H groups in total. The molecule has 4 aromatic heterocycles. The number of benzene rings is 9. The van der Waals surface area contributed by atoms with Crippen molar-refractivity contribution < 1.29 is 0 Å². The number of para-hydroxylation sites is 3. The lowest BCUT2D eigenvalue weighted by Gasteiger charge is -2.31. The monoisotopic (exact) mass is 1210 g/mol. The van der Waals surface area contributed by atoms with E-state index in [9.17, 15) is 0 Å². The van der Waals surface area contributed by atoms with Gasteiger partial charge in [-0.3, -0.25) is 0 Å². The summed E-state index contributed by atoms with van der Waals surface area (Å²) in [4.78, 5) is 32.0. The third-order valence-electron chi connectivity index (χ3n) is 19.1. The molecular weight excluding hydrogens is 1150 g/mol. The summed E-state index contributed by atoms with van der Waals surface area (Å²) < 4.78 is 3.50. The van der Waals surface area contributed by atoms with Crippen LogP contribution in [-0.2, 0) is 16.2 Å². The first-order chi connectivity index (χ1) is 44.2. The van der Waals surface area contributed by atoms with Crippen LogP contribution in [0, 0.1) is 0 Å². The number of rotatable bonds is 18. The molecule has 90 heavy (non-hydrogen) atoms. The predicted molar refractivity (Wildman–Crippen MR) is 380 cm³/mol. The Hall–Kier alpha value is -9.90. The molecule has 0 fully saturated rings. The Labute approximate surface area is 536 Å². The van der Waals surface area contributed by atoms with Gasteiger partial charge in [-0.15, -0.1) is 73.5 Å². The van der Waals surface area contributed by atoms with Crippen LogP contribution in [-0.4, -0.2) is 29.9 Å². The van der Waals surface area contributed by atoms with Gasteiger partial charge in [0.25, 0.3) is 0 Å². The highest BCUT2D eigenvalue weighted by Gasteiger charge is 2.45. The van der Waals surface area contributed by atoms with Gasteiger partial charge in [0, 0.05) is 49.6 Å². The van der Waals surface area contributed by atoms with E-state index in [1.54, 1.807) is 34.0 Å². The van der Waals surface area contributed by atoms with Gasteiger partial charge in [-0.1, -0.05) is 146 Å². The maximum atomic E-state index is 5.58. The van der Waals surface area contributed by atoms with Crippen molar-refractivity contribution in [1.82, 2.24) is 29.9 Å². The van der Waals surface area contributed by atoms with Gasteiger partial charge in [0.2, 0.25) is 0 Å². The first-order valence-electron chi connectivity index (χ1n) is 30.6. The van der Waals surface area contributed by atoms with Gasteiger partial charge in [0.15, 0.2) is 17.5 Å². The molecule has 0 radical (unpaired) electrons. The molecule has 16 rings (SSSR count). The summed E-state index contributed by atoms with van der Waals surface area (Å²) in [7, 11) is 0. The summed E-state index contributed by atoms with van der Waals surface area (Å²) in [6.07, 6.45) is 16.5. The van der Waals surface area contributed by atoms with Gasteiger partial charge in [0.1, 0.15) is 15.0 Å². The van der Waals surface area contributed by atoms with Crippen molar-refractivity contribution in [2.24, 2.45) is 0 Å². The molecule has 0 saturated heterocycles. The Kier molecular flexibility index (Phi) is 13.4.